The molecule has 0 aliphatic carbocycles. The van der Waals surface area contributed by atoms with Gasteiger partial charge in [-0.25, -0.2) is 4.79 Å². The number of hydrogen-bond acceptors (Lipinski definition) is 2. The fourth-order valence-electron chi connectivity index (χ4n) is 2.23. The summed E-state index contributed by atoms with van der Waals surface area (Å²) in [5, 5.41) is 2.54. The number of ether oxygens (including phenoxy) is 1. The van der Waals surface area contributed by atoms with Crippen LogP contribution in [0.3, 0.4) is 0 Å². The van der Waals surface area contributed by atoms with E-state index in [2.05, 4.69) is 30.8 Å². The standard InChI is InChI=1S/C17H18O2Si/c1-19-17(18)13-14-20(2,15-9-5-3-6-10-15)16-11-7-4-8-12-16/h3-14H,1-2H3. The molecule has 0 atom stereocenters. The van der Waals surface area contributed by atoms with E-state index in [0.717, 1.165) is 0 Å². The van der Waals surface area contributed by atoms with Crippen LogP contribution in [0, 0.1) is 0 Å². The van der Waals surface area contributed by atoms with Gasteiger partial charge in [-0.3, -0.25) is 0 Å². The molecule has 0 amide bonds. The predicted octanol–water partition coefficient (Wildman–Crippen LogP) is 2.15. The smallest absolute Gasteiger partial charge is 0.329 e. The van der Waals surface area contributed by atoms with Gasteiger partial charge in [0.2, 0.25) is 0 Å². The largest absolute Gasteiger partial charge is 0.466 e. The Morgan fingerprint density at radius 1 is 0.950 bits per heavy atom. The predicted molar refractivity (Wildman–Crippen MR) is 84.9 cm³/mol. The number of esters is 1. The number of hydrogen-bond donors (Lipinski definition) is 0. The highest BCUT2D eigenvalue weighted by molar-refractivity contribution is 7.05. The Morgan fingerprint density at radius 3 is 1.80 bits per heavy atom. The molecule has 3 heteroatoms. The second-order valence-electron chi connectivity index (χ2n) is 4.79. The second-order valence-corrected chi connectivity index (χ2v) is 8.68. The molecule has 0 N–H and O–H groups in total. The van der Waals surface area contributed by atoms with Crippen molar-refractivity contribution >= 4 is 24.4 Å². The highest BCUT2D eigenvalue weighted by Gasteiger charge is 2.28. The van der Waals surface area contributed by atoms with Gasteiger partial charge in [0, 0.05) is 6.08 Å². The van der Waals surface area contributed by atoms with Gasteiger partial charge < -0.3 is 4.74 Å². The average Bonchev–Trinajstić information content (AvgIpc) is 2.54. The summed E-state index contributed by atoms with van der Waals surface area (Å²) in [6.07, 6.45) is 1.55. The van der Waals surface area contributed by atoms with Crippen LogP contribution in [0.15, 0.2) is 72.4 Å². The van der Waals surface area contributed by atoms with Gasteiger partial charge in [0.1, 0.15) is 8.07 Å². The van der Waals surface area contributed by atoms with Crippen LogP contribution in [-0.2, 0) is 9.53 Å². The summed E-state index contributed by atoms with van der Waals surface area (Å²) in [6.45, 7) is 2.23. The number of carbonyl (C=O) groups is 1. The Hall–Kier alpha value is -2.13. The van der Waals surface area contributed by atoms with Crippen molar-refractivity contribution in [3.05, 3.63) is 72.4 Å². The van der Waals surface area contributed by atoms with E-state index in [1.165, 1.54) is 17.5 Å². The molecule has 2 aromatic carbocycles. The second kappa shape index (κ2) is 6.35. The molecule has 0 aliphatic heterocycles. The van der Waals surface area contributed by atoms with Gasteiger partial charge in [-0.15, -0.1) is 0 Å². The highest BCUT2D eigenvalue weighted by Crippen LogP contribution is 2.07. The summed E-state index contributed by atoms with van der Waals surface area (Å²) in [7, 11) is -0.663. The summed E-state index contributed by atoms with van der Waals surface area (Å²) in [4.78, 5) is 11.4. The van der Waals surface area contributed by atoms with Crippen molar-refractivity contribution in [1.29, 1.82) is 0 Å². The first kappa shape index (κ1) is 14.3. The summed E-state index contributed by atoms with van der Waals surface area (Å²) in [5.41, 5.74) is 2.03. The lowest BCUT2D eigenvalue weighted by Gasteiger charge is -2.24. The SMILES string of the molecule is COC(=O)C=C[Si](C)(c1ccccc1)c1ccccc1. The fourth-order valence-corrected chi connectivity index (χ4v) is 5.19. The van der Waals surface area contributed by atoms with Crippen LogP contribution in [0.25, 0.3) is 0 Å². The van der Waals surface area contributed by atoms with Gasteiger partial charge in [-0.05, 0) is 0 Å². The normalized spacial score (nSPS) is 11.5. The van der Waals surface area contributed by atoms with Crippen molar-refractivity contribution in [3.63, 3.8) is 0 Å². The molecule has 0 spiro atoms. The van der Waals surface area contributed by atoms with Gasteiger partial charge in [-0.2, -0.15) is 0 Å². The zero-order valence-electron chi connectivity index (χ0n) is 11.7. The molecule has 0 fully saturated rings. The number of rotatable bonds is 4. The highest BCUT2D eigenvalue weighted by atomic mass is 28.3. The Kier molecular flexibility index (Phi) is 4.53. The van der Waals surface area contributed by atoms with Crippen LogP contribution in [-0.4, -0.2) is 21.2 Å². The van der Waals surface area contributed by atoms with Crippen molar-refractivity contribution in [1.82, 2.24) is 0 Å². The van der Waals surface area contributed by atoms with Crippen molar-refractivity contribution in [2.24, 2.45) is 0 Å². The first-order valence-electron chi connectivity index (χ1n) is 6.55. The lowest BCUT2D eigenvalue weighted by molar-refractivity contribution is -0.134. The molecule has 0 aliphatic rings. The van der Waals surface area contributed by atoms with E-state index in [4.69, 9.17) is 4.74 Å². The molecule has 102 valence electrons. The van der Waals surface area contributed by atoms with Crippen molar-refractivity contribution in [3.8, 4) is 0 Å². The Balaban J connectivity index is 2.49. The molecule has 0 radical (unpaired) electrons. The summed E-state index contributed by atoms with van der Waals surface area (Å²) in [6, 6.07) is 20.7. The third kappa shape index (κ3) is 3.06. The first-order chi connectivity index (χ1) is 9.66. The molecule has 0 bridgehead atoms. The molecule has 0 aromatic heterocycles. The third-order valence-corrected chi connectivity index (χ3v) is 7.40. The molecular formula is C17H18O2Si. The molecule has 0 saturated carbocycles. The van der Waals surface area contributed by atoms with Gasteiger partial charge in [0.15, 0.2) is 0 Å². The lowest BCUT2D eigenvalue weighted by Crippen LogP contribution is -2.54. The molecule has 0 unspecified atom stereocenters. The van der Waals surface area contributed by atoms with Crippen molar-refractivity contribution < 1.29 is 9.53 Å². The van der Waals surface area contributed by atoms with E-state index in [9.17, 15) is 4.79 Å². The minimum Gasteiger partial charge on any atom is -0.466 e. The molecule has 0 heterocycles. The van der Waals surface area contributed by atoms with Gasteiger partial charge >= 0.3 is 5.97 Å². The zero-order chi connectivity index (χ0) is 14.4. The topological polar surface area (TPSA) is 26.3 Å². The van der Waals surface area contributed by atoms with Crippen LogP contribution < -0.4 is 10.4 Å². The van der Waals surface area contributed by atoms with Gasteiger partial charge in [0.25, 0.3) is 0 Å². The molecule has 2 nitrogen and oxygen atoms in total. The van der Waals surface area contributed by atoms with E-state index >= 15 is 0 Å². The van der Waals surface area contributed by atoms with Crippen LogP contribution >= 0.6 is 0 Å². The van der Waals surface area contributed by atoms with Gasteiger partial charge in [0.05, 0.1) is 7.11 Å². The first-order valence-corrected chi connectivity index (χ1v) is 9.13. The summed E-state index contributed by atoms with van der Waals surface area (Å²) < 4.78 is 4.71. The maximum Gasteiger partial charge on any atom is 0.329 e. The van der Waals surface area contributed by atoms with Crippen molar-refractivity contribution in [2.45, 2.75) is 6.55 Å². The van der Waals surface area contributed by atoms with E-state index in [1.54, 1.807) is 6.08 Å². The number of carbonyl (C=O) groups excluding carboxylic acids is 1. The van der Waals surface area contributed by atoms with Crippen molar-refractivity contribution in [2.75, 3.05) is 7.11 Å². The monoisotopic (exact) mass is 282 g/mol. The van der Waals surface area contributed by atoms with Crippen LogP contribution in [0.1, 0.15) is 0 Å². The Bertz CT molecular complexity index is 551. The number of benzene rings is 2. The summed E-state index contributed by atoms with van der Waals surface area (Å²) >= 11 is 0. The van der Waals surface area contributed by atoms with Crippen LogP contribution in [0.4, 0.5) is 0 Å². The summed E-state index contributed by atoms with van der Waals surface area (Å²) in [5.74, 6) is -0.310. The molecule has 2 aromatic rings. The third-order valence-electron chi connectivity index (χ3n) is 3.50. The molecule has 20 heavy (non-hydrogen) atoms. The van der Waals surface area contributed by atoms with E-state index < -0.39 is 8.07 Å². The van der Waals surface area contributed by atoms with E-state index in [0.29, 0.717) is 0 Å². The zero-order valence-corrected chi connectivity index (χ0v) is 12.7. The van der Waals surface area contributed by atoms with Crippen LogP contribution in [0.2, 0.25) is 6.55 Å². The van der Waals surface area contributed by atoms with Crippen LogP contribution in [0.5, 0.6) is 0 Å². The Labute approximate surface area is 120 Å². The maximum atomic E-state index is 11.4. The molecule has 2 rings (SSSR count). The minimum atomic E-state index is -2.06. The minimum absolute atomic E-state index is 0.310. The lowest BCUT2D eigenvalue weighted by atomic mass is 10.4. The quantitative estimate of drug-likeness (QED) is 0.488. The van der Waals surface area contributed by atoms with E-state index in [-0.39, 0.29) is 5.97 Å². The number of methoxy groups -OCH3 is 1. The van der Waals surface area contributed by atoms with E-state index in [1.807, 2.05) is 42.1 Å². The fraction of sp³-hybridized carbons (Fsp3) is 0.118. The average molecular weight is 282 g/mol. The Morgan fingerprint density at radius 2 is 1.40 bits per heavy atom. The molecular weight excluding hydrogens is 264 g/mol. The maximum absolute atomic E-state index is 11.4. The molecule has 0 saturated heterocycles. The van der Waals surface area contributed by atoms with Gasteiger partial charge in [-0.1, -0.05) is 83.3 Å².